The maximum atomic E-state index is 12.0. The molecule has 3 N–H and O–H groups in total. The van der Waals surface area contributed by atoms with Crippen molar-refractivity contribution in [2.24, 2.45) is 0 Å². The van der Waals surface area contributed by atoms with Crippen molar-refractivity contribution >= 4 is 10.0 Å². The molecule has 2 rings (SSSR count). The first-order chi connectivity index (χ1) is 7.58. The second kappa shape index (κ2) is 4.20. The Balaban J connectivity index is 2.20. The van der Waals surface area contributed by atoms with E-state index in [1.165, 1.54) is 12.3 Å². The Kier molecular flexibility index (Phi) is 3.05. The van der Waals surface area contributed by atoms with Crippen LogP contribution < -0.4 is 4.72 Å². The van der Waals surface area contributed by atoms with Crippen molar-refractivity contribution in [2.75, 3.05) is 6.61 Å². The van der Waals surface area contributed by atoms with E-state index in [0.717, 1.165) is 12.8 Å². The van der Waals surface area contributed by atoms with Gasteiger partial charge in [-0.1, -0.05) is 12.8 Å². The van der Waals surface area contributed by atoms with Gasteiger partial charge in [-0.3, -0.25) is 0 Å². The Bertz CT molecular complexity index is 433. The van der Waals surface area contributed by atoms with E-state index in [9.17, 15) is 13.5 Å². The lowest BCUT2D eigenvalue weighted by Crippen LogP contribution is -2.48. The highest BCUT2D eigenvalue weighted by Crippen LogP contribution is 2.30. The first kappa shape index (κ1) is 11.6. The van der Waals surface area contributed by atoms with Crippen LogP contribution in [0.4, 0.5) is 0 Å². The Morgan fingerprint density at radius 2 is 2.12 bits per heavy atom. The van der Waals surface area contributed by atoms with E-state index in [0.29, 0.717) is 12.8 Å². The number of aliphatic hydroxyl groups excluding tert-OH is 1. The van der Waals surface area contributed by atoms with Gasteiger partial charge in [0, 0.05) is 12.4 Å². The van der Waals surface area contributed by atoms with Crippen molar-refractivity contribution in [3.05, 3.63) is 18.5 Å². The SMILES string of the molecule is O=S(=O)(NC1(CO)CCCC1)c1cc[nH]c1. The molecule has 1 aliphatic rings. The van der Waals surface area contributed by atoms with E-state index in [1.807, 2.05) is 0 Å². The summed E-state index contributed by atoms with van der Waals surface area (Å²) in [5, 5.41) is 9.34. The fraction of sp³-hybridized carbons (Fsp3) is 0.600. The maximum absolute atomic E-state index is 12.0. The van der Waals surface area contributed by atoms with E-state index < -0.39 is 15.6 Å². The molecule has 0 radical (unpaired) electrons. The van der Waals surface area contributed by atoms with E-state index in [4.69, 9.17) is 0 Å². The van der Waals surface area contributed by atoms with Crippen LogP contribution in [-0.2, 0) is 10.0 Å². The van der Waals surface area contributed by atoms with Crippen molar-refractivity contribution < 1.29 is 13.5 Å². The fourth-order valence-corrected chi connectivity index (χ4v) is 3.59. The maximum Gasteiger partial charge on any atom is 0.242 e. The number of hydrogen-bond acceptors (Lipinski definition) is 3. The van der Waals surface area contributed by atoms with Gasteiger partial charge >= 0.3 is 0 Å². The molecule has 0 atom stereocenters. The molecule has 6 heteroatoms. The Morgan fingerprint density at radius 1 is 1.44 bits per heavy atom. The third-order valence-electron chi connectivity index (χ3n) is 3.09. The summed E-state index contributed by atoms with van der Waals surface area (Å²) in [4.78, 5) is 2.92. The fourth-order valence-electron chi connectivity index (χ4n) is 2.16. The second-order valence-corrected chi connectivity index (χ2v) is 5.98. The predicted octanol–water partition coefficient (Wildman–Crippen LogP) is 0.598. The van der Waals surface area contributed by atoms with E-state index >= 15 is 0 Å². The van der Waals surface area contributed by atoms with Crippen molar-refractivity contribution in [3.8, 4) is 0 Å². The zero-order valence-electron chi connectivity index (χ0n) is 8.94. The number of H-pyrrole nitrogens is 1. The van der Waals surface area contributed by atoms with Gasteiger partial charge in [-0.15, -0.1) is 0 Å². The molecule has 1 heterocycles. The number of aromatic nitrogens is 1. The molecule has 1 saturated carbocycles. The molecule has 0 unspecified atom stereocenters. The molecule has 1 aromatic heterocycles. The van der Waals surface area contributed by atoms with Gasteiger partial charge in [-0.05, 0) is 18.9 Å². The molecule has 1 aromatic rings. The van der Waals surface area contributed by atoms with Gasteiger partial charge in [0.15, 0.2) is 0 Å². The van der Waals surface area contributed by atoms with Crippen LogP contribution in [-0.4, -0.2) is 30.7 Å². The van der Waals surface area contributed by atoms with Crippen LogP contribution in [0.15, 0.2) is 23.4 Å². The predicted molar refractivity (Wildman–Crippen MR) is 59.4 cm³/mol. The van der Waals surface area contributed by atoms with E-state index in [1.54, 1.807) is 6.20 Å². The second-order valence-electron chi connectivity index (χ2n) is 4.30. The van der Waals surface area contributed by atoms with Gasteiger partial charge in [0.1, 0.15) is 0 Å². The highest BCUT2D eigenvalue weighted by molar-refractivity contribution is 7.89. The summed E-state index contributed by atoms with van der Waals surface area (Å²) in [7, 11) is -3.51. The third-order valence-corrected chi connectivity index (χ3v) is 4.67. The molecular formula is C10H16N2O3S. The van der Waals surface area contributed by atoms with Crippen LogP contribution in [0, 0.1) is 0 Å². The molecule has 1 fully saturated rings. The van der Waals surface area contributed by atoms with Crippen molar-refractivity contribution in [1.82, 2.24) is 9.71 Å². The number of aromatic amines is 1. The van der Waals surface area contributed by atoms with Crippen molar-refractivity contribution in [1.29, 1.82) is 0 Å². The summed E-state index contributed by atoms with van der Waals surface area (Å²) in [6.07, 6.45) is 6.31. The highest BCUT2D eigenvalue weighted by atomic mass is 32.2. The summed E-state index contributed by atoms with van der Waals surface area (Å²) in [6.45, 7) is -0.142. The van der Waals surface area contributed by atoms with Crippen LogP contribution in [0.1, 0.15) is 25.7 Å². The Hall–Kier alpha value is -0.850. The average Bonchev–Trinajstić information content (AvgIpc) is 2.87. The summed E-state index contributed by atoms with van der Waals surface area (Å²) in [5.41, 5.74) is -0.657. The number of aliphatic hydroxyl groups is 1. The molecule has 1 aliphatic carbocycles. The van der Waals surface area contributed by atoms with Gasteiger partial charge in [0.05, 0.1) is 17.0 Å². The Labute approximate surface area is 94.9 Å². The Morgan fingerprint density at radius 3 is 2.62 bits per heavy atom. The minimum atomic E-state index is -3.51. The van der Waals surface area contributed by atoms with Gasteiger partial charge < -0.3 is 10.1 Å². The largest absolute Gasteiger partial charge is 0.394 e. The molecule has 16 heavy (non-hydrogen) atoms. The monoisotopic (exact) mass is 244 g/mol. The summed E-state index contributed by atoms with van der Waals surface area (Å²) in [5.74, 6) is 0. The van der Waals surface area contributed by atoms with Crippen LogP contribution >= 0.6 is 0 Å². The zero-order chi connectivity index (χ0) is 11.6. The lowest BCUT2D eigenvalue weighted by atomic mass is 10.0. The van der Waals surface area contributed by atoms with Crippen LogP contribution in [0.3, 0.4) is 0 Å². The van der Waals surface area contributed by atoms with E-state index in [2.05, 4.69) is 9.71 Å². The summed E-state index contributed by atoms with van der Waals surface area (Å²) < 4.78 is 26.6. The molecule has 0 bridgehead atoms. The molecule has 0 aliphatic heterocycles. The van der Waals surface area contributed by atoms with E-state index in [-0.39, 0.29) is 11.5 Å². The normalized spacial score (nSPS) is 20.1. The molecule has 0 saturated heterocycles. The van der Waals surface area contributed by atoms with Crippen LogP contribution in [0.2, 0.25) is 0 Å². The van der Waals surface area contributed by atoms with Crippen molar-refractivity contribution in [2.45, 2.75) is 36.1 Å². The quantitative estimate of drug-likeness (QED) is 0.725. The number of nitrogens with one attached hydrogen (secondary N) is 2. The minimum absolute atomic E-state index is 0.142. The lowest BCUT2D eigenvalue weighted by molar-refractivity contribution is 0.185. The first-order valence-corrected chi connectivity index (χ1v) is 6.84. The van der Waals surface area contributed by atoms with Crippen molar-refractivity contribution in [3.63, 3.8) is 0 Å². The summed E-state index contributed by atoms with van der Waals surface area (Å²) >= 11 is 0. The molecular weight excluding hydrogens is 228 g/mol. The van der Waals surface area contributed by atoms with Crippen LogP contribution in [0.25, 0.3) is 0 Å². The minimum Gasteiger partial charge on any atom is -0.394 e. The van der Waals surface area contributed by atoms with Gasteiger partial charge in [0.25, 0.3) is 0 Å². The average molecular weight is 244 g/mol. The lowest BCUT2D eigenvalue weighted by Gasteiger charge is -2.27. The first-order valence-electron chi connectivity index (χ1n) is 5.36. The zero-order valence-corrected chi connectivity index (χ0v) is 9.76. The van der Waals surface area contributed by atoms with Gasteiger partial charge in [0.2, 0.25) is 10.0 Å². The molecule has 0 aromatic carbocycles. The van der Waals surface area contributed by atoms with Gasteiger partial charge in [-0.2, -0.15) is 0 Å². The van der Waals surface area contributed by atoms with Gasteiger partial charge in [-0.25, -0.2) is 13.1 Å². The molecule has 5 nitrogen and oxygen atoms in total. The number of rotatable bonds is 4. The number of hydrogen-bond donors (Lipinski definition) is 3. The smallest absolute Gasteiger partial charge is 0.242 e. The molecule has 0 spiro atoms. The topological polar surface area (TPSA) is 82.2 Å². The molecule has 90 valence electrons. The number of sulfonamides is 1. The van der Waals surface area contributed by atoms with Crippen LogP contribution in [0.5, 0.6) is 0 Å². The standard InChI is InChI=1S/C10H16N2O3S/c13-8-10(4-1-2-5-10)12-16(14,15)9-3-6-11-7-9/h3,6-7,11-13H,1-2,4-5,8H2. The highest BCUT2D eigenvalue weighted by Gasteiger charge is 2.37. The molecule has 0 amide bonds. The third kappa shape index (κ3) is 2.14. The summed E-state index contributed by atoms with van der Waals surface area (Å²) in [6, 6.07) is 1.50.